The summed E-state index contributed by atoms with van der Waals surface area (Å²) < 4.78 is 135. The third kappa shape index (κ3) is 8.11. The minimum atomic E-state index is -4.53. The monoisotopic (exact) mass is 936 g/mol. The van der Waals surface area contributed by atoms with Crippen molar-refractivity contribution in [2.45, 2.75) is 19.6 Å². The molecule has 0 spiro atoms. The molecule has 64 heavy (non-hydrogen) atoms. The van der Waals surface area contributed by atoms with E-state index in [1.807, 2.05) is 0 Å². The molecular weight excluding hydrogens is 905 g/mol. The van der Waals surface area contributed by atoms with Gasteiger partial charge in [-0.1, -0.05) is 48.5 Å². The van der Waals surface area contributed by atoms with Crippen LogP contribution in [0.3, 0.4) is 0 Å². The van der Waals surface area contributed by atoms with Crippen molar-refractivity contribution in [2.75, 3.05) is 0 Å². The number of hydrogen-bond acceptors (Lipinski definition) is 8. The largest absolute Gasteiger partial charge is 0.354 e. The second-order valence-corrected chi connectivity index (χ2v) is 20.3. The van der Waals surface area contributed by atoms with Crippen LogP contribution in [0.5, 0.6) is 0 Å². The second kappa shape index (κ2) is 15.4. The van der Waals surface area contributed by atoms with Crippen LogP contribution in [-0.2, 0) is 40.5 Å². The van der Waals surface area contributed by atoms with Gasteiger partial charge in [0.15, 0.2) is 0 Å². The summed E-state index contributed by atoms with van der Waals surface area (Å²) in [6.45, 7) is 0. The molecule has 0 saturated heterocycles. The van der Waals surface area contributed by atoms with Crippen LogP contribution in [-0.4, -0.2) is 71.8 Å². The van der Waals surface area contributed by atoms with Crippen molar-refractivity contribution in [3.8, 4) is 0 Å². The number of aromatic amines is 4. The smallest absolute Gasteiger partial charge is 0.294 e. The lowest BCUT2D eigenvalue weighted by molar-refractivity contribution is 0.481. The van der Waals surface area contributed by atoms with Crippen molar-refractivity contribution in [1.29, 1.82) is 0 Å². The number of aromatic nitrogens is 4. The van der Waals surface area contributed by atoms with Gasteiger partial charge in [0.2, 0.25) is 0 Å². The van der Waals surface area contributed by atoms with Crippen LogP contribution in [0, 0.1) is 0 Å². The third-order valence-electron chi connectivity index (χ3n) is 10.7. The zero-order chi connectivity index (χ0) is 45.3. The van der Waals surface area contributed by atoms with Crippen LogP contribution < -0.4 is 21.4 Å². The molecule has 0 atom stereocenters. The molecule has 9 rings (SSSR count). The summed E-state index contributed by atoms with van der Waals surface area (Å²) in [5.41, 5.74) is 6.43. The predicted molar refractivity (Wildman–Crippen MR) is 233 cm³/mol. The van der Waals surface area contributed by atoms with Gasteiger partial charge in [-0.15, -0.1) is 0 Å². The van der Waals surface area contributed by atoms with Gasteiger partial charge < -0.3 is 19.9 Å². The molecule has 0 amide bonds. The maximum atomic E-state index is 12.0. The Labute approximate surface area is 364 Å². The molecule has 0 aliphatic carbocycles. The summed E-state index contributed by atoms with van der Waals surface area (Å²) in [4.78, 5) is 12.6. The van der Waals surface area contributed by atoms with E-state index in [1.54, 1.807) is 48.5 Å². The number of nitrogens with one attached hydrogen (secondary N) is 4. The highest BCUT2D eigenvalue weighted by molar-refractivity contribution is 7.86. The Morgan fingerprint density at radius 1 is 0.250 bits per heavy atom. The van der Waals surface area contributed by atoms with Crippen LogP contribution in [0.4, 0.5) is 0 Å². The van der Waals surface area contributed by atoms with E-state index >= 15 is 0 Å². The molecule has 324 valence electrons. The number of H-pyrrole nitrogens is 4. The van der Waals surface area contributed by atoms with Gasteiger partial charge in [0.25, 0.3) is 40.5 Å². The highest BCUT2D eigenvalue weighted by Gasteiger charge is 2.21. The molecule has 8 aromatic rings. The number of fused-ring (bicyclic) bond motifs is 8. The normalized spacial score (nSPS) is 17.1. The van der Waals surface area contributed by atoms with Crippen molar-refractivity contribution in [3.63, 3.8) is 0 Å². The van der Waals surface area contributed by atoms with Crippen molar-refractivity contribution >= 4 is 62.8 Å². The van der Waals surface area contributed by atoms with Gasteiger partial charge in [0, 0.05) is 66.5 Å². The second-order valence-electron chi connectivity index (χ2n) is 14.6. The topological polar surface area (TPSA) is 281 Å². The molecule has 0 unspecified atom stereocenters. The van der Waals surface area contributed by atoms with Gasteiger partial charge in [-0.25, -0.2) is 0 Å². The highest BCUT2D eigenvalue weighted by Crippen LogP contribution is 2.29. The standard InChI is InChI=1S/C44H32N4O12S4/c49-61(50,51)29-9-1-25(2-10-29)41-33-17-19-35(45-33)42(26-3-11-30(12-4-26)62(52,53)54)37-21-23-39(47-37)44(28-7-15-32(16-8-28)64(58,59)60)40-24-22-38(48-40)43(36-20-18-34(41)46-36)27-5-13-31(14-6-27)63(55,56)57/h1-24,45-48H,(H,49,50,51)(H,52,53,54)(H,55,56,57)(H,58,59,60)/b41-33-,41-34?,42-35-,42-37?,43-36?,43-38-,44-39?,44-40-. The Kier molecular flexibility index (Phi) is 10.2. The molecule has 4 aromatic carbocycles. The first-order chi connectivity index (χ1) is 30.2. The van der Waals surface area contributed by atoms with Gasteiger partial charge in [0.1, 0.15) is 0 Å². The quantitative estimate of drug-likeness (QED) is 0.102. The maximum absolute atomic E-state index is 12.0. The zero-order valence-corrected chi connectivity index (χ0v) is 35.8. The molecule has 0 radical (unpaired) electrons. The Balaban J connectivity index is 1.40. The fraction of sp³-hybridized carbons (Fsp3) is 0. The summed E-state index contributed by atoms with van der Waals surface area (Å²) >= 11 is 0. The Morgan fingerprint density at radius 3 is 0.609 bits per heavy atom. The summed E-state index contributed by atoms with van der Waals surface area (Å²) in [6, 6.07) is 36.7. The van der Waals surface area contributed by atoms with Gasteiger partial charge in [-0.2, -0.15) is 33.7 Å². The third-order valence-corrected chi connectivity index (χ3v) is 14.1. The van der Waals surface area contributed by atoms with Gasteiger partial charge in [0.05, 0.1) is 19.6 Å². The Bertz CT molecular complexity index is 3400. The molecule has 4 aromatic heterocycles. The van der Waals surface area contributed by atoms with Crippen LogP contribution in [0.2, 0.25) is 0 Å². The van der Waals surface area contributed by atoms with Crippen LogP contribution >= 0.6 is 0 Å². The maximum Gasteiger partial charge on any atom is 0.294 e. The average molecular weight is 937 g/mol. The molecule has 8 N–H and O–H groups in total. The first-order valence-corrected chi connectivity index (χ1v) is 24.6. The van der Waals surface area contributed by atoms with Gasteiger partial charge in [-0.3, -0.25) is 18.2 Å². The molecule has 5 heterocycles. The van der Waals surface area contributed by atoms with Crippen molar-refractivity contribution in [3.05, 3.63) is 212 Å². The van der Waals surface area contributed by atoms with E-state index in [2.05, 4.69) is 19.9 Å². The van der Waals surface area contributed by atoms with Crippen LogP contribution in [0.25, 0.3) is 22.3 Å². The molecule has 20 heteroatoms. The molecule has 8 bridgehead atoms. The molecule has 0 saturated carbocycles. The van der Waals surface area contributed by atoms with Crippen LogP contribution in [0.15, 0.2) is 165 Å². The SMILES string of the molecule is O=S(=O)(O)c1ccc(/C2=c3\cc/c([nH]3)=C(\c3ccc(S(=O)(=O)O)cc3)c3ccc([nH]3)/C(c3ccc(S(=O)(=O)O)cc3)=c3/cc/c([nH]3)=C(\c3ccc(S(=O)(=O)O)cc3)c3ccc2[nH]3)cc1. The van der Waals surface area contributed by atoms with Crippen molar-refractivity contribution in [2.24, 2.45) is 0 Å². The summed E-state index contributed by atoms with van der Waals surface area (Å²) in [7, 11) is -18.1. The van der Waals surface area contributed by atoms with E-state index in [0.29, 0.717) is 88.7 Å². The fourth-order valence-electron chi connectivity index (χ4n) is 7.75. The molecule has 16 nitrogen and oxygen atoms in total. The lowest BCUT2D eigenvalue weighted by atomic mass is 10.0. The number of rotatable bonds is 8. The van der Waals surface area contributed by atoms with Gasteiger partial charge >= 0.3 is 0 Å². The first kappa shape index (κ1) is 42.4. The van der Waals surface area contributed by atoms with Crippen molar-refractivity contribution in [1.82, 2.24) is 19.9 Å². The summed E-state index contributed by atoms with van der Waals surface area (Å²) in [5.74, 6) is 0. The minimum Gasteiger partial charge on any atom is -0.354 e. The number of hydrogen-bond donors (Lipinski definition) is 8. The average Bonchev–Trinajstić information content (AvgIpc) is 4.08. The van der Waals surface area contributed by atoms with Crippen LogP contribution in [0.1, 0.15) is 45.0 Å². The van der Waals surface area contributed by atoms with E-state index in [9.17, 15) is 51.9 Å². The lowest BCUT2D eigenvalue weighted by Crippen LogP contribution is -2.19. The molecule has 1 aliphatic rings. The van der Waals surface area contributed by atoms with Gasteiger partial charge in [-0.05, 0) is 119 Å². The van der Waals surface area contributed by atoms with E-state index in [-0.39, 0.29) is 19.6 Å². The predicted octanol–water partition coefficient (Wildman–Crippen LogP) is 3.29. The first-order valence-electron chi connectivity index (χ1n) is 18.8. The van der Waals surface area contributed by atoms with E-state index in [4.69, 9.17) is 0 Å². The molecule has 0 fully saturated rings. The summed E-state index contributed by atoms with van der Waals surface area (Å²) in [5, 5.41) is 2.12. The highest BCUT2D eigenvalue weighted by atomic mass is 32.2. The van der Waals surface area contributed by atoms with E-state index < -0.39 is 40.5 Å². The minimum absolute atomic E-state index is 0.326. The fourth-order valence-corrected chi connectivity index (χ4v) is 9.67. The Hall–Kier alpha value is -6.88. The molecule has 1 aliphatic heterocycles. The molecular formula is C44H32N4O12S4. The summed E-state index contributed by atoms with van der Waals surface area (Å²) in [6.07, 6.45) is 0. The Morgan fingerprint density at radius 2 is 0.438 bits per heavy atom. The van der Waals surface area contributed by atoms with E-state index in [1.165, 1.54) is 97.1 Å². The zero-order valence-electron chi connectivity index (χ0n) is 32.5. The van der Waals surface area contributed by atoms with E-state index in [0.717, 1.165) is 0 Å². The lowest BCUT2D eigenvalue weighted by Gasteiger charge is -2.10. The van der Waals surface area contributed by atoms with Crippen molar-refractivity contribution < 1.29 is 51.9 Å². The number of benzene rings is 4.